The third-order valence-electron chi connectivity index (χ3n) is 2.95. The molecule has 0 heterocycles. The van der Waals surface area contributed by atoms with E-state index in [0.717, 1.165) is 0 Å². The molecule has 1 rings (SSSR count). The van der Waals surface area contributed by atoms with E-state index in [-0.39, 0.29) is 46.1 Å². The summed E-state index contributed by atoms with van der Waals surface area (Å²) in [4.78, 5) is 20.7. The summed E-state index contributed by atoms with van der Waals surface area (Å²) in [6.07, 6.45) is 0. The second-order valence-corrected chi connectivity index (χ2v) is 7.89. The predicted molar refractivity (Wildman–Crippen MR) is 73.5 cm³/mol. The minimum absolute atomic E-state index is 0. The van der Waals surface area contributed by atoms with E-state index in [4.69, 9.17) is 0 Å². The minimum atomic E-state index is -2.78. The third-order valence-corrected chi connectivity index (χ3v) is 3.73. The molecule has 0 aliphatic carbocycles. The first kappa shape index (κ1) is 19.4. The largest absolute Gasteiger partial charge is 1.00 e. The first-order chi connectivity index (χ1) is 7.94. The van der Waals surface area contributed by atoms with Crippen LogP contribution in [0.1, 0.15) is 52.7 Å². The van der Waals surface area contributed by atoms with Gasteiger partial charge in [0.05, 0.1) is 0 Å². The van der Waals surface area contributed by atoms with E-state index in [2.05, 4.69) is 0 Å². The zero-order valence-corrected chi connectivity index (χ0v) is 15.9. The van der Waals surface area contributed by atoms with Gasteiger partial charge in [-0.05, 0) is 34.1 Å². The van der Waals surface area contributed by atoms with Crippen molar-refractivity contribution in [2.75, 3.05) is 0 Å². The Bertz CT molecular complexity index is 410. The van der Waals surface area contributed by atoms with Crippen molar-refractivity contribution in [1.29, 1.82) is 0 Å². The van der Waals surface area contributed by atoms with Crippen molar-refractivity contribution in [1.82, 2.24) is 0 Å². The average Bonchev–Trinajstić information content (AvgIpc) is 2.13. The van der Waals surface area contributed by atoms with E-state index < -0.39 is 8.38 Å². The van der Waals surface area contributed by atoms with Crippen LogP contribution in [0.5, 0.6) is 5.75 Å². The quantitative estimate of drug-likeness (QED) is 0.500. The molecule has 0 fully saturated rings. The minimum Gasteiger partial charge on any atom is -0.872 e. The molecule has 19 heavy (non-hydrogen) atoms. The van der Waals surface area contributed by atoms with Gasteiger partial charge in [-0.3, -0.25) is 4.89 Å². The van der Waals surface area contributed by atoms with Crippen LogP contribution in [0.2, 0.25) is 0 Å². The Morgan fingerprint density at radius 3 is 1.47 bits per heavy atom. The van der Waals surface area contributed by atoms with Crippen molar-refractivity contribution in [3.63, 3.8) is 0 Å². The summed E-state index contributed by atoms with van der Waals surface area (Å²) in [6.45, 7) is 11.6. The van der Waals surface area contributed by atoms with E-state index in [1.54, 1.807) is 12.1 Å². The Balaban J connectivity index is 0.00000324. The molecule has 1 aromatic carbocycles. The van der Waals surface area contributed by atoms with Gasteiger partial charge in [0.25, 0.3) is 0 Å². The van der Waals surface area contributed by atoms with Gasteiger partial charge in [-0.25, -0.2) is 0 Å². The fourth-order valence-corrected chi connectivity index (χ4v) is 2.40. The van der Waals surface area contributed by atoms with Crippen LogP contribution in [0.25, 0.3) is 0 Å². The number of hydrogen-bond donors (Lipinski definition) is 1. The van der Waals surface area contributed by atoms with E-state index in [1.165, 1.54) is 0 Å². The number of benzene rings is 1. The first-order valence-corrected chi connectivity index (χ1v) is 7.39. The van der Waals surface area contributed by atoms with Crippen molar-refractivity contribution in [3.05, 3.63) is 23.3 Å². The molecule has 0 aromatic heterocycles. The molecule has 0 bridgehead atoms. The fourth-order valence-electron chi connectivity index (χ4n) is 1.87. The topological polar surface area (TPSA) is 66.3 Å². The summed E-state index contributed by atoms with van der Waals surface area (Å²) in [5.41, 5.74) is 0.559. The van der Waals surface area contributed by atoms with Gasteiger partial charge in [0.15, 0.2) is 0 Å². The summed E-state index contributed by atoms with van der Waals surface area (Å²) in [7, 11) is -2.78. The van der Waals surface area contributed by atoms with Crippen molar-refractivity contribution in [3.8, 4) is 5.75 Å². The molecule has 1 aromatic rings. The van der Waals surface area contributed by atoms with Crippen LogP contribution in [0.15, 0.2) is 12.1 Å². The molecule has 0 radical (unpaired) electrons. The third kappa shape index (κ3) is 4.70. The normalized spacial score (nSPS) is 13.9. The maximum atomic E-state index is 12.5. The van der Waals surface area contributed by atoms with Crippen LogP contribution in [0.4, 0.5) is 0 Å². The van der Waals surface area contributed by atoms with E-state index >= 15 is 0 Å². The average molecular weight is 292 g/mol. The molecule has 0 spiro atoms. The Morgan fingerprint density at radius 2 is 1.26 bits per heavy atom. The molecule has 1 atom stereocenters. The summed E-state index contributed by atoms with van der Waals surface area (Å²) in [6, 6.07) is 3.16. The molecule has 5 heteroatoms. The molecule has 0 aliphatic heterocycles. The van der Waals surface area contributed by atoms with Gasteiger partial charge >= 0.3 is 29.6 Å². The molecule has 0 saturated carbocycles. The zero-order valence-electron chi connectivity index (χ0n) is 12.9. The van der Waals surface area contributed by atoms with E-state index in [1.807, 2.05) is 41.5 Å². The first-order valence-electron chi connectivity index (χ1n) is 6.04. The molecule has 0 saturated heterocycles. The SMILES string of the molecule is CC(C)(C)c1cc([PH+]([O-])O)cc(C(C)(C)C)c1[O-].[Na+]. The molecule has 3 nitrogen and oxygen atoms in total. The molecule has 0 aliphatic rings. The fraction of sp³-hybridized carbons (Fsp3) is 0.571. The summed E-state index contributed by atoms with van der Waals surface area (Å²) in [5.74, 6) is -0.0120. The smallest absolute Gasteiger partial charge is 0.872 e. The van der Waals surface area contributed by atoms with Crippen LogP contribution in [-0.2, 0) is 10.8 Å². The monoisotopic (exact) mass is 292 g/mol. The number of hydrogen-bond acceptors (Lipinski definition) is 3. The van der Waals surface area contributed by atoms with Crippen LogP contribution < -0.4 is 44.9 Å². The maximum Gasteiger partial charge on any atom is 1.00 e. The van der Waals surface area contributed by atoms with E-state index in [9.17, 15) is 14.9 Å². The van der Waals surface area contributed by atoms with Crippen LogP contribution >= 0.6 is 8.38 Å². The van der Waals surface area contributed by atoms with Crippen LogP contribution in [0, 0.1) is 0 Å². The molecule has 0 amide bonds. The standard InChI is InChI=1S/C14H23O3P.Na/c1-13(2,3)10-7-9(18(16)17)8-11(12(10)15)14(4,5)6;/h7-8,15-16,18H,1-6H3;/q;+1/p-1. The molecule has 1 N–H and O–H groups in total. The van der Waals surface area contributed by atoms with Crippen molar-refractivity contribution >= 4 is 13.7 Å². The van der Waals surface area contributed by atoms with Gasteiger partial charge in [-0.15, -0.1) is 5.75 Å². The van der Waals surface area contributed by atoms with Crippen molar-refractivity contribution in [2.45, 2.75) is 52.4 Å². The van der Waals surface area contributed by atoms with Gasteiger partial charge in [-0.1, -0.05) is 41.5 Å². The van der Waals surface area contributed by atoms with Crippen molar-refractivity contribution in [2.24, 2.45) is 0 Å². The Labute approximate surface area is 139 Å². The van der Waals surface area contributed by atoms with Gasteiger partial charge in [0, 0.05) is 0 Å². The Kier molecular flexibility index (Phi) is 6.55. The summed E-state index contributed by atoms with van der Waals surface area (Å²) >= 11 is 0. The molecule has 102 valence electrons. The Hall–Kier alpha value is 0.370. The van der Waals surface area contributed by atoms with Gasteiger partial charge in [-0.2, -0.15) is 0 Å². The predicted octanol–water partition coefficient (Wildman–Crippen LogP) is -1.62. The van der Waals surface area contributed by atoms with Gasteiger partial charge < -0.3 is 10.00 Å². The molecular weight excluding hydrogens is 270 g/mol. The zero-order chi connectivity index (χ0) is 14.3. The van der Waals surface area contributed by atoms with Crippen LogP contribution in [0.3, 0.4) is 0 Å². The second kappa shape index (κ2) is 6.43. The second-order valence-electron chi connectivity index (χ2n) is 6.71. The van der Waals surface area contributed by atoms with Crippen LogP contribution in [-0.4, -0.2) is 4.89 Å². The van der Waals surface area contributed by atoms with Gasteiger partial charge in [0.1, 0.15) is 13.7 Å². The molecule has 1 unspecified atom stereocenters. The summed E-state index contributed by atoms with van der Waals surface area (Å²) in [5, 5.41) is 12.8. The van der Waals surface area contributed by atoms with Gasteiger partial charge in [0.2, 0.25) is 0 Å². The van der Waals surface area contributed by atoms with Crippen molar-refractivity contribution < 1.29 is 44.5 Å². The number of rotatable bonds is 1. The van der Waals surface area contributed by atoms with E-state index in [0.29, 0.717) is 16.4 Å². The summed E-state index contributed by atoms with van der Waals surface area (Å²) < 4.78 is 0. The maximum absolute atomic E-state index is 12.5. The Morgan fingerprint density at radius 1 is 0.947 bits per heavy atom. The molecular formula is C14H22NaO3P.